The Hall–Kier alpha value is -2.40. The zero-order chi connectivity index (χ0) is 17.9. The maximum absolute atomic E-state index is 13.2. The Morgan fingerprint density at radius 2 is 1.73 bits per heavy atom. The molecule has 4 nitrogen and oxygen atoms in total. The van der Waals surface area contributed by atoms with Crippen molar-refractivity contribution >= 4 is 11.7 Å². The lowest BCUT2D eigenvalue weighted by Gasteiger charge is -2.47. The molecule has 2 amide bonds. The third-order valence-electron chi connectivity index (χ3n) is 5.54. The van der Waals surface area contributed by atoms with E-state index in [1.807, 2.05) is 0 Å². The second-order valence-electron chi connectivity index (χ2n) is 7.22. The molecule has 2 heterocycles. The summed E-state index contributed by atoms with van der Waals surface area (Å²) < 4.78 is 13.2. The normalized spacial score (nSPS) is 19.2. The molecular formula is C21H24FN3O. The van der Waals surface area contributed by atoms with Crippen LogP contribution in [-0.2, 0) is 0 Å². The second-order valence-corrected chi connectivity index (χ2v) is 7.22. The molecule has 0 saturated carbocycles. The molecule has 26 heavy (non-hydrogen) atoms. The van der Waals surface area contributed by atoms with Gasteiger partial charge in [-0.15, -0.1) is 0 Å². The van der Waals surface area contributed by atoms with Crippen molar-refractivity contribution in [3.05, 3.63) is 66.0 Å². The van der Waals surface area contributed by atoms with Crippen LogP contribution in [0.15, 0.2) is 54.6 Å². The highest BCUT2D eigenvalue weighted by Crippen LogP contribution is 2.30. The number of nitrogens with zero attached hydrogens (tertiary/aromatic N) is 2. The van der Waals surface area contributed by atoms with E-state index in [-0.39, 0.29) is 11.8 Å². The van der Waals surface area contributed by atoms with Crippen LogP contribution in [0.4, 0.5) is 14.9 Å². The summed E-state index contributed by atoms with van der Waals surface area (Å²) in [6.07, 6.45) is 2.35. The lowest BCUT2D eigenvalue weighted by atomic mass is 9.88. The topological polar surface area (TPSA) is 35.6 Å². The van der Waals surface area contributed by atoms with Gasteiger partial charge < -0.3 is 10.2 Å². The first-order valence-electron chi connectivity index (χ1n) is 9.29. The van der Waals surface area contributed by atoms with Crippen molar-refractivity contribution in [1.82, 2.24) is 9.80 Å². The third kappa shape index (κ3) is 3.73. The van der Waals surface area contributed by atoms with Crippen molar-refractivity contribution < 1.29 is 9.18 Å². The molecule has 2 aromatic carbocycles. The van der Waals surface area contributed by atoms with Crippen LogP contribution >= 0.6 is 0 Å². The van der Waals surface area contributed by atoms with Crippen molar-refractivity contribution in [1.29, 1.82) is 0 Å². The van der Waals surface area contributed by atoms with Crippen LogP contribution in [-0.4, -0.2) is 48.1 Å². The zero-order valence-corrected chi connectivity index (χ0v) is 14.8. The Bertz CT molecular complexity index is 753. The van der Waals surface area contributed by atoms with Gasteiger partial charge in [0.05, 0.1) is 0 Å². The lowest BCUT2D eigenvalue weighted by molar-refractivity contribution is 0.0454. The van der Waals surface area contributed by atoms with Gasteiger partial charge in [-0.2, -0.15) is 0 Å². The maximum atomic E-state index is 13.2. The highest BCUT2D eigenvalue weighted by Gasteiger charge is 2.36. The Labute approximate surface area is 153 Å². The van der Waals surface area contributed by atoms with Crippen molar-refractivity contribution in [2.45, 2.75) is 24.8 Å². The van der Waals surface area contributed by atoms with E-state index in [0.29, 0.717) is 17.6 Å². The van der Waals surface area contributed by atoms with Gasteiger partial charge in [-0.1, -0.05) is 36.4 Å². The van der Waals surface area contributed by atoms with E-state index in [1.165, 1.54) is 30.5 Å². The Morgan fingerprint density at radius 3 is 2.42 bits per heavy atom. The molecule has 136 valence electrons. The van der Waals surface area contributed by atoms with E-state index >= 15 is 0 Å². The van der Waals surface area contributed by atoms with Gasteiger partial charge in [0.2, 0.25) is 0 Å². The number of urea groups is 1. The predicted molar refractivity (Wildman–Crippen MR) is 101 cm³/mol. The number of hydrogen-bond donors (Lipinski definition) is 1. The minimum absolute atomic E-state index is 0.147. The van der Waals surface area contributed by atoms with Crippen molar-refractivity contribution in [3.8, 4) is 0 Å². The van der Waals surface area contributed by atoms with Gasteiger partial charge in [0.15, 0.2) is 0 Å². The number of likely N-dealkylation sites (tertiary alicyclic amines) is 2. The van der Waals surface area contributed by atoms with Gasteiger partial charge in [-0.3, -0.25) is 4.90 Å². The number of carbonyl (C=O) groups is 1. The SMILES string of the molecule is O=C(Nc1cccc(F)c1)N1CC(N2CCC(c3ccccc3)CC2)C1. The Kier molecular flexibility index (Phi) is 4.89. The molecule has 0 bridgehead atoms. The zero-order valence-electron chi connectivity index (χ0n) is 14.8. The van der Waals surface area contributed by atoms with Gasteiger partial charge in [0, 0.05) is 24.8 Å². The number of anilines is 1. The van der Waals surface area contributed by atoms with Gasteiger partial charge in [0.25, 0.3) is 0 Å². The summed E-state index contributed by atoms with van der Waals surface area (Å²) in [5.41, 5.74) is 1.94. The number of amides is 2. The van der Waals surface area contributed by atoms with Crippen LogP contribution in [0.3, 0.4) is 0 Å². The number of hydrogen-bond acceptors (Lipinski definition) is 2. The molecular weight excluding hydrogens is 329 g/mol. The van der Waals surface area contributed by atoms with E-state index in [1.54, 1.807) is 17.0 Å². The molecule has 0 aliphatic carbocycles. The smallest absolute Gasteiger partial charge is 0.321 e. The number of piperidine rings is 1. The summed E-state index contributed by atoms with van der Waals surface area (Å²) in [7, 11) is 0. The first kappa shape index (κ1) is 17.0. The monoisotopic (exact) mass is 353 g/mol. The fourth-order valence-electron chi connectivity index (χ4n) is 3.94. The summed E-state index contributed by atoms with van der Waals surface area (Å²) >= 11 is 0. The lowest BCUT2D eigenvalue weighted by Crippen LogP contribution is -2.62. The first-order valence-corrected chi connectivity index (χ1v) is 9.29. The van der Waals surface area contributed by atoms with Crippen LogP contribution in [0.5, 0.6) is 0 Å². The van der Waals surface area contributed by atoms with Crippen LogP contribution in [0, 0.1) is 5.82 Å². The highest BCUT2D eigenvalue weighted by atomic mass is 19.1. The second kappa shape index (κ2) is 7.46. The van der Waals surface area contributed by atoms with E-state index < -0.39 is 0 Å². The van der Waals surface area contributed by atoms with Gasteiger partial charge in [0.1, 0.15) is 5.82 Å². The fraction of sp³-hybridized carbons (Fsp3) is 0.381. The fourth-order valence-corrected chi connectivity index (χ4v) is 3.94. The molecule has 1 N–H and O–H groups in total. The van der Waals surface area contributed by atoms with E-state index in [9.17, 15) is 9.18 Å². The standard InChI is InChI=1S/C21H24FN3O/c22-18-7-4-8-19(13-18)23-21(26)25-14-20(15-25)24-11-9-17(10-12-24)16-5-2-1-3-6-16/h1-8,13,17,20H,9-12,14-15H2,(H,23,26). The average molecular weight is 353 g/mol. The molecule has 0 aromatic heterocycles. The van der Waals surface area contributed by atoms with Crippen LogP contribution in [0.25, 0.3) is 0 Å². The number of halogens is 1. The summed E-state index contributed by atoms with van der Waals surface area (Å²) in [6, 6.07) is 17.0. The molecule has 2 aliphatic rings. The quantitative estimate of drug-likeness (QED) is 0.908. The summed E-state index contributed by atoms with van der Waals surface area (Å²) in [5, 5.41) is 2.77. The Morgan fingerprint density at radius 1 is 1.00 bits per heavy atom. The number of rotatable bonds is 3. The summed E-state index contributed by atoms with van der Waals surface area (Å²) in [4.78, 5) is 16.5. The number of nitrogens with one attached hydrogen (secondary N) is 1. The average Bonchev–Trinajstić information content (AvgIpc) is 2.62. The molecule has 2 fully saturated rings. The van der Waals surface area contributed by atoms with Gasteiger partial charge in [-0.25, -0.2) is 9.18 Å². The van der Waals surface area contributed by atoms with E-state index in [4.69, 9.17) is 0 Å². The van der Waals surface area contributed by atoms with E-state index in [0.717, 1.165) is 26.2 Å². The molecule has 0 atom stereocenters. The predicted octanol–water partition coefficient (Wildman–Crippen LogP) is 3.92. The maximum Gasteiger partial charge on any atom is 0.321 e. The molecule has 4 rings (SSSR count). The highest BCUT2D eigenvalue weighted by molar-refractivity contribution is 5.89. The molecule has 0 radical (unpaired) electrons. The first-order chi connectivity index (χ1) is 12.7. The Balaban J connectivity index is 1.23. The van der Waals surface area contributed by atoms with Crippen LogP contribution < -0.4 is 5.32 Å². The van der Waals surface area contributed by atoms with Crippen molar-refractivity contribution in [2.75, 3.05) is 31.5 Å². The van der Waals surface area contributed by atoms with Gasteiger partial charge >= 0.3 is 6.03 Å². The van der Waals surface area contributed by atoms with Gasteiger partial charge in [-0.05, 0) is 55.6 Å². The molecule has 2 aromatic rings. The van der Waals surface area contributed by atoms with Crippen LogP contribution in [0.2, 0.25) is 0 Å². The molecule has 0 spiro atoms. The summed E-state index contributed by atoms with van der Waals surface area (Å²) in [5.74, 6) is 0.311. The minimum atomic E-state index is -0.342. The molecule has 5 heteroatoms. The van der Waals surface area contributed by atoms with E-state index in [2.05, 4.69) is 40.5 Å². The summed E-state index contributed by atoms with van der Waals surface area (Å²) in [6.45, 7) is 3.67. The minimum Gasteiger partial charge on any atom is -0.321 e. The van der Waals surface area contributed by atoms with Crippen LogP contribution in [0.1, 0.15) is 24.3 Å². The largest absolute Gasteiger partial charge is 0.321 e. The molecule has 2 aliphatic heterocycles. The van der Waals surface area contributed by atoms with Crippen molar-refractivity contribution in [2.24, 2.45) is 0 Å². The molecule has 0 unspecified atom stereocenters. The van der Waals surface area contributed by atoms with Crippen molar-refractivity contribution in [3.63, 3.8) is 0 Å². The number of benzene rings is 2. The molecule has 2 saturated heterocycles. The third-order valence-corrected chi connectivity index (χ3v) is 5.54. The number of carbonyl (C=O) groups excluding carboxylic acids is 1.